The zero-order valence-electron chi connectivity index (χ0n) is 17.8. The number of nitrogens with zero attached hydrogens (tertiary/aromatic N) is 3. The molecule has 0 amide bonds. The zero-order chi connectivity index (χ0) is 22.0. The summed E-state index contributed by atoms with van der Waals surface area (Å²) in [5.41, 5.74) is 0.195. The van der Waals surface area contributed by atoms with E-state index in [1.165, 1.54) is 19.6 Å². The minimum Gasteiger partial charge on any atom is -0.493 e. The van der Waals surface area contributed by atoms with Crippen molar-refractivity contribution in [3.05, 3.63) is 35.8 Å². The van der Waals surface area contributed by atoms with E-state index in [1.54, 1.807) is 26.2 Å². The summed E-state index contributed by atoms with van der Waals surface area (Å²) in [7, 11) is 3.08. The molecule has 2 aliphatic heterocycles. The number of piperidine rings is 1. The first-order valence-corrected chi connectivity index (χ1v) is 10.2. The number of hydrogen-bond acceptors (Lipinski definition) is 9. The summed E-state index contributed by atoms with van der Waals surface area (Å²) < 4.78 is 22.4. The van der Waals surface area contributed by atoms with Crippen LogP contribution in [0.5, 0.6) is 17.2 Å². The van der Waals surface area contributed by atoms with Crippen molar-refractivity contribution >= 4 is 17.6 Å². The van der Waals surface area contributed by atoms with E-state index in [-0.39, 0.29) is 18.8 Å². The molecule has 0 aliphatic carbocycles. The highest BCUT2D eigenvalue weighted by molar-refractivity contribution is 6.01. The average Bonchev–Trinajstić information content (AvgIpc) is 2.79. The monoisotopic (exact) mass is 427 g/mol. The van der Waals surface area contributed by atoms with Crippen molar-refractivity contribution in [3.63, 3.8) is 0 Å². The van der Waals surface area contributed by atoms with Gasteiger partial charge in [0.15, 0.2) is 17.3 Å². The molecule has 0 atom stereocenters. The molecule has 164 valence electrons. The normalized spacial score (nSPS) is 17.0. The van der Waals surface area contributed by atoms with Gasteiger partial charge < -0.3 is 23.8 Å². The van der Waals surface area contributed by atoms with Crippen molar-refractivity contribution in [2.75, 3.05) is 38.8 Å². The van der Waals surface area contributed by atoms with Gasteiger partial charge in [-0.15, -0.1) is 0 Å². The van der Waals surface area contributed by atoms with E-state index in [0.717, 1.165) is 0 Å². The van der Waals surface area contributed by atoms with Crippen LogP contribution in [0.1, 0.15) is 46.9 Å². The summed E-state index contributed by atoms with van der Waals surface area (Å²) in [5, 5.41) is 0. The highest BCUT2D eigenvalue weighted by atomic mass is 16.5. The van der Waals surface area contributed by atoms with Gasteiger partial charge in [-0.3, -0.25) is 4.79 Å². The minimum absolute atomic E-state index is 0.0184. The van der Waals surface area contributed by atoms with Gasteiger partial charge in [0.05, 0.1) is 32.8 Å². The van der Waals surface area contributed by atoms with Gasteiger partial charge in [0.2, 0.25) is 5.75 Å². The molecule has 9 heteroatoms. The maximum atomic E-state index is 12.9. The van der Waals surface area contributed by atoms with Gasteiger partial charge in [-0.2, -0.15) is 0 Å². The van der Waals surface area contributed by atoms with Crippen LogP contribution in [0, 0.1) is 0 Å². The highest BCUT2D eigenvalue weighted by Crippen LogP contribution is 2.48. The third-order valence-electron chi connectivity index (χ3n) is 5.76. The first-order chi connectivity index (χ1) is 15.0. The van der Waals surface area contributed by atoms with Gasteiger partial charge in [0, 0.05) is 32.1 Å². The first kappa shape index (κ1) is 20.9. The van der Waals surface area contributed by atoms with Crippen molar-refractivity contribution in [2.45, 2.75) is 31.8 Å². The summed E-state index contributed by atoms with van der Waals surface area (Å²) in [4.78, 5) is 35.5. The van der Waals surface area contributed by atoms with Crippen LogP contribution in [0.3, 0.4) is 0 Å². The van der Waals surface area contributed by atoms with Gasteiger partial charge in [-0.1, -0.05) is 0 Å². The molecular formula is C22H25N3O6. The number of Topliss-reactive ketones (excluding diaryl/α,β-unsaturated/α-hetero) is 1. The molecule has 1 aromatic heterocycles. The lowest BCUT2D eigenvalue weighted by molar-refractivity contribution is 0.0207. The van der Waals surface area contributed by atoms with E-state index in [1.807, 2.05) is 4.90 Å². The molecule has 1 aromatic carbocycles. The van der Waals surface area contributed by atoms with Crippen LogP contribution in [0.15, 0.2) is 24.7 Å². The summed E-state index contributed by atoms with van der Waals surface area (Å²) >= 11 is 0. The first-order valence-electron chi connectivity index (χ1n) is 10.2. The van der Waals surface area contributed by atoms with Crippen molar-refractivity contribution in [2.24, 2.45) is 0 Å². The number of benzene rings is 1. The molecule has 0 radical (unpaired) electrons. The smallest absolute Gasteiger partial charge is 0.343 e. The van der Waals surface area contributed by atoms with Crippen LogP contribution in [0.25, 0.3) is 0 Å². The van der Waals surface area contributed by atoms with E-state index in [2.05, 4.69) is 9.97 Å². The molecule has 1 spiro atoms. The minimum atomic E-state index is -0.642. The molecule has 0 saturated carbocycles. The van der Waals surface area contributed by atoms with Crippen LogP contribution in [0.4, 0.5) is 5.82 Å². The van der Waals surface area contributed by atoms with Crippen molar-refractivity contribution in [3.8, 4) is 17.2 Å². The molecule has 1 saturated heterocycles. The fourth-order valence-electron chi connectivity index (χ4n) is 4.19. The van der Waals surface area contributed by atoms with Gasteiger partial charge in [0.25, 0.3) is 0 Å². The summed E-state index contributed by atoms with van der Waals surface area (Å²) in [5.74, 6) is 1.47. The second kappa shape index (κ2) is 8.41. The Kier molecular flexibility index (Phi) is 5.67. The molecule has 0 bridgehead atoms. The lowest BCUT2D eigenvalue weighted by Gasteiger charge is -2.44. The molecule has 2 aliphatic rings. The second-order valence-corrected chi connectivity index (χ2v) is 7.53. The molecule has 0 unspecified atom stereocenters. The van der Waals surface area contributed by atoms with Crippen LogP contribution in [-0.2, 0) is 4.74 Å². The Morgan fingerprint density at radius 3 is 2.68 bits per heavy atom. The topological polar surface area (TPSA) is 100 Å². The number of hydrogen-bond donors (Lipinski definition) is 0. The Labute approximate surface area is 180 Å². The Morgan fingerprint density at radius 2 is 2.00 bits per heavy atom. The summed E-state index contributed by atoms with van der Waals surface area (Å²) in [6.45, 7) is 3.16. The average molecular weight is 427 g/mol. The molecule has 31 heavy (non-hydrogen) atoms. The summed E-state index contributed by atoms with van der Waals surface area (Å²) in [6.07, 6.45) is 4.35. The molecular weight excluding hydrogens is 402 g/mol. The zero-order valence-corrected chi connectivity index (χ0v) is 17.8. The number of ether oxygens (including phenoxy) is 4. The maximum absolute atomic E-state index is 12.9. The second-order valence-electron chi connectivity index (χ2n) is 7.53. The Hall–Kier alpha value is -3.36. The Bertz CT molecular complexity index is 1000. The summed E-state index contributed by atoms with van der Waals surface area (Å²) in [6, 6.07) is 3.43. The van der Waals surface area contributed by atoms with Crippen molar-refractivity contribution in [1.29, 1.82) is 0 Å². The van der Waals surface area contributed by atoms with Crippen molar-refractivity contribution in [1.82, 2.24) is 9.97 Å². The van der Waals surface area contributed by atoms with Crippen LogP contribution in [-0.4, -0.2) is 61.2 Å². The highest BCUT2D eigenvalue weighted by Gasteiger charge is 2.45. The predicted octanol–water partition coefficient (Wildman–Crippen LogP) is 2.67. The van der Waals surface area contributed by atoms with E-state index in [0.29, 0.717) is 60.1 Å². The predicted molar refractivity (Wildman–Crippen MR) is 111 cm³/mol. The SMILES string of the molecule is CCOC(=O)c1cncnc1N1CCC2(CC1)CC(=O)c1ccc(OC)c(OC)c1O2. The van der Waals surface area contributed by atoms with Crippen LogP contribution in [0.2, 0.25) is 0 Å². The molecule has 1 fully saturated rings. The molecule has 2 aromatic rings. The molecule has 0 N–H and O–H groups in total. The third kappa shape index (κ3) is 3.75. The molecule has 4 rings (SSSR count). The van der Waals surface area contributed by atoms with E-state index < -0.39 is 11.6 Å². The number of rotatable bonds is 5. The van der Waals surface area contributed by atoms with Crippen LogP contribution < -0.4 is 19.1 Å². The van der Waals surface area contributed by atoms with E-state index in [4.69, 9.17) is 18.9 Å². The van der Waals surface area contributed by atoms with Crippen molar-refractivity contribution < 1.29 is 28.5 Å². The maximum Gasteiger partial charge on any atom is 0.343 e. The van der Waals surface area contributed by atoms with E-state index >= 15 is 0 Å². The number of methoxy groups -OCH3 is 2. The Balaban J connectivity index is 1.57. The standard InChI is InChI=1S/C22H25N3O6/c1-4-30-21(27)15-12-23-13-24-20(15)25-9-7-22(8-10-25)11-16(26)14-5-6-17(28-2)19(29-3)18(14)31-22/h5-6,12-13H,4,7-11H2,1-3H3. The molecule has 9 nitrogen and oxygen atoms in total. The largest absolute Gasteiger partial charge is 0.493 e. The fourth-order valence-corrected chi connectivity index (χ4v) is 4.19. The number of esters is 1. The van der Waals surface area contributed by atoms with Crippen LogP contribution >= 0.6 is 0 Å². The lowest BCUT2D eigenvalue weighted by atomic mass is 9.82. The Morgan fingerprint density at radius 1 is 1.23 bits per heavy atom. The number of anilines is 1. The fraction of sp³-hybridized carbons (Fsp3) is 0.455. The van der Waals surface area contributed by atoms with Gasteiger partial charge >= 0.3 is 5.97 Å². The molecule has 3 heterocycles. The number of carbonyl (C=O) groups is 2. The van der Waals surface area contributed by atoms with E-state index in [9.17, 15) is 9.59 Å². The number of aromatic nitrogens is 2. The van der Waals surface area contributed by atoms with Gasteiger partial charge in [-0.05, 0) is 19.1 Å². The van der Waals surface area contributed by atoms with Gasteiger partial charge in [0.1, 0.15) is 23.3 Å². The third-order valence-corrected chi connectivity index (χ3v) is 5.76. The number of carbonyl (C=O) groups excluding carboxylic acids is 2. The number of fused-ring (bicyclic) bond motifs is 1. The number of ketones is 1. The lowest BCUT2D eigenvalue weighted by Crippen LogP contribution is -2.51. The quantitative estimate of drug-likeness (QED) is 0.667. The van der Waals surface area contributed by atoms with Gasteiger partial charge in [-0.25, -0.2) is 14.8 Å².